The summed E-state index contributed by atoms with van der Waals surface area (Å²) in [6.07, 6.45) is 0.280. The normalized spacial score (nSPS) is 10.5. The lowest BCUT2D eigenvalue weighted by Gasteiger charge is -2.09. The molecule has 0 radical (unpaired) electrons. The number of nitrogens with two attached hydrogens (primary N) is 1. The molecule has 0 saturated heterocycles. The van der Waals surface area contributed by atoms with Gasteiger partial charge in [-0.1, -0.05) is 18.2 Å². The van der Waals surface area contributed by atoms with Crippen LogP contribution in [0.5, 0.6) is 0 Å². The van der Waals surface area contributed by atoms with E-state index in [1.54, 1.807) is 6.07 Å². The number of anilines is 1. The van der Waals surface area contributed by atoms with E-state index in [2.05, 4.69) is 0 Å². The summed E-state index contributed by atoms with van der Waals surface area (Å²) in [6.45, 7) is 3.94. The van der Waals surface area contributed by atoms with E-state index in [4.69, 9.17) is 5.73 Å². The second kappa shape index (κ2) is 5.22. The molecule has 2 N–H and O–H groups in total. The van der Waals surface area contributed by atoms with Crippen LogP contribution in [0, 0.1) is 19.7 Å². The van der Waals surface area contributed by atoms with Gasteiger partial charge < -0.3 is 5.73 Å². The molecule has 19 heavy (non-hydrogen) atoms. The Labute approximate surface area is 112 Å². The lowest BCUT2D eigenvalue weighted by Crippen LogP contribution is -2.07. The van der Waals surface area contributed by atoms with Crippen LogP contribution in [0.4, 0.5) is 10.1 Å². The van der Waals surface area contributed by atoms with Crippen molar-refractivity contribution in [3.05, 3.63) is 64.5 Å². The van der Waals surface area contributed by atoms with Crippen LogP contribution < -0.4 is 5.73 Å². The third-order valence-corrected chi connectivity index (χ3v) is 3.30. The molecular weight excluding hydrogens is 241 g/mol. The van der Waals surface area contributed by atoms with E-state index in [0.717, 1.165) is 16.7 Å². The fourth-order valence-electron chi connectivity index (χ4n) is 2.09. The fourth-order valence-corrected chi connectivity index (χ4v) is 2.09. The van der Waals surface area contributed by atoms with E-state index in [-0.39, 0.29) is 17.9 Å². The van der Waals surface area contributed by atoms with Gasteiger partial charge in [-0.15, -0.1) is 0 Å². The summed E-state index contributed by atoms with van der Waals surface area (Å²) in [5.74, 6) is -0.649. The first-order chi connectivity index (χ1) is 8.99. The van der Waals surface area contributed by atoms with E-state index in [0.29, 0.717) is 5.56 Å². The summed E-state index contributed by atoms with van der Waals surface area (Å²) < 4.78 is 13.4. The number of carbonyl (C=O) groups is 1. The molecule has 0 bridgehead atoms. The molecule has 0 spiro atoms. The highest BCUT2D eigenvalue weighted by Gasteiger charge is 2.12. The number of aryl methyl sites for hydroxylation is 2. The molecule has 0 amide bonds. The SMILES string of the molecule is Cc1cccc(C)c1CC(=O)c1ccc(N)c(F)c1. The molecule has 0 fully saturated rings. The Balaban J connectivity index is 2.28. The van der Waals surface area contributed by atoms with Crippen molar-refractivity contribution in [1.82, 2.24) is 0 Å². The predicted octanol–water partition coefficient (Wildman–Crippen LogP) is 3.45. The maximum absolute atomic E-state index is 13.4. The summed E-state index contributed by atoms with van der Waals surface area (Å²) in [5, 5.41) is 0. The van der Waals surface area contributed by atoms with Crippen molar-refractivity contribution in [2.24, 2.45) is 0 Å². The number of benzene rings is 2. The Morgan fingerprint density at radius 3 is 2.37 bits per heavy atom. The van der Waals surface area contributed by atoms with E-state index in [9.17, 15) is 9.18 Å². The van der Waals surface area contributed by atoms with Crippen molar-refractivity contribution in [2.45, 2.75) is 20.3 Å². The minimum Gasteiger partial charge on any atom is -0.396 e. The second-order valence-corrected chi connectivity index (χ2v) is 4.71. The average Bonchev–Trinajstić information content (AvgIpc) is 2.37. The first kappa shape index (κ1) is 13.3. The minimum atomic E-state index is -0.549. The molecule has 98 valence electrons. The van der Waals surface area contributed by atoms with Crippen LogP contribution in [-0.4, -0.2) is 5.78 Å². The summed E-state index contributed by atoms with van der Waals surface area (Å²) in [6, 6.07) is 10.1. The zero-order valence-electron chi connectivity index (χ0n) is 11.0. The second-order valence-electron chi connectivity index (χ2n) is 4.71. The van der Waals surface area contributed by atoms with Gasteiger partial charge in [0, 0.05) is 12.0 Å². The molecule has 2 rings (SSSR count). The third-order valence-electron chi connectivity index (χ3n) is 3.30. The Bertz CT molecular complexity index is 614. The molecule has 0 heterocycles. The molecule has 0 atom stereocenters. The smallest absolute Gasteiger partial charge is 0.167 e. The first-order valence-electron chi connectivity index (χ1n) is 6.12. The zero-order chi connectivity index (χ0) is 14.0. The quantitative estimate of drug-likeness (QED) is 0.676. The van der Waals surface area contributed by atoms with E-state index >= 15 is 0 Å². The molecule has 2 aromatic carbocycles. The fraction of sp³-hybridized carbons (Fsp3) is 0.188. The number of hydrogen-bond donors (Lipinski definition) is 1. The molecule has 0 aliphatic carbocycles. The Morgan fingerprint density at radius 1 is 1.16 bits per heavy atom. The number of carbonyl (C=O) groups excluding carboxylic acids is 1. The van der Waals surface area contributed by atoms with Crippen LogP contribution in [0.25, 0.3) is 0 Å². The topological polar surface area (TPSA) is 43.1 Å². The Morgan fingerprint density at radius 2 is 1.79 bits per heavy atom. The van der Waals surface area contributed by atoms with Crippen molar-refractivity contribution in [3.63, 3.8) is 0 Å². The summed E-state index contributed by atoms with van der Waals surface area (Å²) in [7, 11) is 0. The third kappa shape index (κ3) is 2.81. The van der Waals surface area contributed by atoms with Crippen molar-refractivity contribution < 1.29 is 9.18 Å². The van der Waals surface area contributed by atoms with Gasteiger partial charge in [0.05, 0.1) is 5.69 Å². The van der Waals surface area contributed by atoms with Crippen molar-refractivity contribution in [1.29, 1.82) is 0 Å². The highest BCUT2D eigenvalue weighted by molar-refractivity contribution is 5.98. The highest BCUT2D eigenvalue weighted by Crippen LogP contribution is 2.18. The number of nitrogen functional groups attached to an aromatic ring is 1. The van der Waals surface area contributed by atoms with E-state index in [1.807, 2.05) is 32.0 Å². The predicted molar refractivity (Wildman–Crippen MR) is 74.8 cm³/mol. The van der Waals surface area contributed by atoms with Crippen LogP contribution >= 0.6 is 0 Å². The maximum Gasteiger partial charge on any atom is 0.167 e. The van der Waals surface area contributed by atoms with Crippen molar-refractivity contribution in [2.75, 3.05) is 5.73 Å². The monoisotopic (exact) mass is 257 g/mol. The zero-order valence-corrected chi connectivity index (χ0v) is 11.0. The number of ketones is 1. The molecule has 2 nitrogen and oxygen atoms in total. The van der Waals surface area contributed by atoms with Crippen molar-refractivity contribution >= 4 is 11.5 Å². The van der Waals surface area contributed by atoms with Gasteiger partial charge in [-0.05, 0) is 48.7 Å². The van der Waals surface area contributed by atoms with Gasteiger partial charge in [-0.2, -0.15) is 0 Å². The van der Waals surface area contributed by atoms with Gasteiger partial charge in [-0.3, -0.25) is 4.79 Å². The summed E-state index contributed by atoms with van der Waals surface area (Å²) in [4.78, 5) is 12.2. The average molecular weight is 257 g/mol. The molecule has 0 saturated carbocycles. The number of halogens is 1. The Kier molecular flexibility index (Phi) is 3.65. The van der Waals surface area contributed by atoms with E-state index in [1.165, 1.54) is 12.1 Å². The van der Waals surface area contributed by atoms with Gasteiger partial charge >= 0.3 is 0 Å². The molecule has 0 unspecified atom stereocenters. The summed E-state index contributed by atoms with van der Waals surface area (Å²) >= 11 is 0. The lowest BCUT2D eigenvalue weighted by molar-refractivity contribution is 0.0992. The molecule has 0 aliphatic heterocycles. The number of Topliss-reactive ketones (excluding diaryl/α,β-unsaturated/α-hetero) is 1. The highest BCUT2D eigenvalue weighted by atomic mass is 19.1. The van der Waals surface area contributed by atoms with Gasteiger partial charge in [-0.25, -0.2) is 4.39 Å². The molecule has 0 aliphatic rings. The molecule has 2 aromatic rings. The van der Waals surface area contributed by atoms with Crippen LogP contribution in [-0.2, 0) is 6.42 Å². The number of rotatable bonds is 3. The van der Waals surface area contributed by atoms with Crippen LogP contribution in [0.1, 0.15) is 27.0 Å². The van der Waals surface area contributed by atoms with Gasteiger partial charge in [0.1, 0.15) is 5.82 Å². The molecular formula is C16H16FNO. The standard InChI is InChI=1S/C16H16FNO/c1-10-4-3-5-11(2)13(10)9-16(19)12-6-7-15(18)14(17)8-12/h3-8H,9,18H2,1-2H3. The summed E-state index contributed by atoms with van der Waals surface area (Å²) in [5.41, 5.74) is 8.97. The molecule has 3 heteroatoms. The largest absolute Gasteiger partial charge is 0.396 e. The number of hydrogen-bond acceptors (Lipinski definition) is 2. The van der Waals surface area contributed by atoms with E-state index < -0.39 is 5.82 Å². The first-order valence-corrected chi connectivity index (χ1v) is 6.12. The van der Waals surface area contributed by atoms with Gasteiger partial charge in [0.25, 0.3) is 0 Å². The minimum absolute atomic E-state index is 0.0589. The Hall–Kier alpha value is -2.16. The van der Waals surface area contributed by atoms with Crippen LogP contribution in [0.3, 0.4) is 0 Å². The van der Waals surface area contributed by atoms with Crippen molar-refractivity contribution in [3.8, 4) is 0 Å². The van der Waals surface area contributed by atoms with Crippen LogP contribution in [0.15, 0.2) is 36.4 Å². The lowest BCUT2D eigenvalue weighted by atomic mass is 9.95. The van der Waals surface area contributed by atoms with Gasteiger partial charge in [0.15, 0.2) is 5.78 Å². The van der Waals surface area contributed by atoms with Crippen LogP contribution in [0.2, 0.25) is 0 Å². The van der Waals surface area contributed by atoms with Gasteiger partial charge in [0.2, 0.25) is 0 Å². The maximum atomic E-state index is 13.4. The molecule has 0 aromatic heterocycles.